The van der Waals surface area contributed by atoms with Gasteiger partial charge in [0.1, 0.15) is 0 Å². The van der Waals surface area contributed by atoms with E-state index in [0.29, 0.717) is 19.0 Å². The van der Waals surface area contributed by atoms with E-state index in [1.165, 1.54) is 0 Å². The monoisotopic (exact) mass is 312 g/mol. The van der Waals surface area contributed by atoms with Gasteiger partial charge in [0, 0.05) is 31.8 Å². The van der Waals surface area contributed by atoms with Gasteiger partial charge in [0.25, 0.3) is 0 Å². The molecule has 0 bridgehead atoms. The molecular formula is C15H28N4O3. The van der Waals surface area contributed by atoms with Gasteiger partial charge in [0.2, 0.25) is 17.7 Å². The van der Waals surface area contributed by atoms with Gasteiger partial charge in [-0.3, -0.25) is 14.4 Å². The molecule has 1 fully saturated rings. The Morgan fingerprint density at radius 3 is 2.23 bits per heavy atom. The molecule has 5 N–H and O–H groups in total. The predicted octanol–water partition coefficient (Wildman–Crippen LogP) is -0.490. The van der Waals surface area contributed by atoms with Gasteiger partial charge in [0.15, 0.2) is 0 Å². The van der Waals surface area contributed by atoms with Gasteiger partial charge in [-0.05, 0) is 45.2 Å². The summed E-state index contributed by atoms with van der Waals surface area (Å²) in [6, 6.07) is 0. The van der Waals surface area contributed by atoms with Crippen molar-refractivity contribution < 1.29 is 14.4 Å². The fourth-order valence-corrected chi connectivity index (χ4v) is 2.77. The number of amides is 3. The third-order valence-corrected chi connectivity index (χ3v) is 4.06. The lowest BCUT2D eigenvalue weighted by molar-refractivity contribution is -0.126. The Morgan fingerprint density at radius 2 is 1.64 bits per heavy atom. The van der Waals surface area contributed by atoms with Crippen LogP contribution in [-0.2, 0) is 14.4 Å². The summed E-state index contributed by atoms with van der Waals surface area (Å²) in [5, 5.41) is 8.69. The van der Waals surface area contributed by atoms with Crippen molar-refractivity contribution in [3.05, 3.63) is 0 Å². The second-order valence-corrected chi connectivity index (χ2v) is 5.88. The Balaban J connectivity index is 2.09. The van der Waals surface area contributed by atoms with Crippen molar-refractivity contribution in [3.63, 3.8) is 0 Å². The number of rotatable bonds is 9. The number of hydrogen-bond donors (Lipinski definition) is 4. The molecule has 0 aliphatic heterocycles. The van der Waals surface area contributed by atoms with E-state index in [4.69, 9.17) is 5.73 Å². The Kier molecular flexibility index (Phi) is 8.50. The maximum Gasteiger partial charge on any atom is 0.223 e. The van der Waals surface area contributed by atoms with Crippen LogP contribution in [0.1, 0.15) is 38.5 Å². The molecule has 1 rings (SSSR count). The molecule has 0 radical (unpaired) electrons. The Morgan fingerprint density at radius 1 is 1.00 bits per heavy atom. The average Bonchev–Trinajstić information content (AvgIpc) is 2.50. The summed E-state index contributed by atoms with van der Waals surface area (Å²) < 4.78 is 0. The molecular weight excluding hydrogens is 284 g/mol. The van der Waals surface area contributed by atoms with Crippen LogP contribution in [0.5, 0.6) is 0 Å². The number of nitrogens with two attached hydrogens (primary N) is 1. The van der Waals surface area contributed by atoms with E-state index in [0.717, 1.165) is 32.2 Å². The van der Waals surface area contributed by atoms with Crippen molar-refractivity contribution >= 4 is 17.7 Å². The summed E-state index contributed by atoms with van der Waals surface area (Å²) >= 11 is 0. The minimum absolute atomic E-state index is 0.0497. The molecule has 7 nitrogen and oxygen atoms in total. The fraction of sp³-hybridized carbons (Fsp3) is 0.800. The van der Waals surface area contributed by atoms with Crippen LogP contribution < -0.4 is 21.7 Å². The highest BCUT2D eigenvalue weighted by Crippen LogP contribution is 2.28. The Hall–Kier alpha value is -1.63. The molecule has 0 spiro atoms. The highest BCUT2D eigenvalue weighted by atomic mass is 16.2. The maximum absolute atomic E-state index is 12.0. The van der Waals surface area contributed by atoms with Gasteiger partial charge < -0.3 is 21.7 Å². The van der Waals surface area contributed by atoms with Crippen LogP contribution in [0, 0.1) is 11.8 Å². The van der Waals surface area contributed by atoms with Gasteiger partial charge in [0.05, 0.1) is 0 Å². The number of primary amides is 1. The molecule has 0 unspecified atom stereocenters. The number of carbonyl (C=O) groups is 3. The van der Waals surface area contributed by atoms with Crippen molar-refractivity contribution in [2.75, 3.05) is 26.7 Å². The lowest BCUT2D eigenvalue weighted by Gasteiger charge is -2.27. The second kappa shape index (κ2) is 10.2. The zero-order valence-corrected chi connectivity index (χ0v) is 13.3. The predicted molar refractivity (Wildman–Crippen MR) is 83.8 cm³/mol. The van der Waals surface area contributed by atoms with Gasteiger partial charge in [-0.1, -0.05) is 0 Å². The molecule has 0 aromatic carbocycles. The summed E-state index contributed by atoms with van der Waals surface area (Å²) in [5.41, 5.74) is 4.97. The van der Waals surface area contributed by atoms with E-state index < -0.39 is 5.91 Å². The first-order valence-electron chi connectivity index (χ1n) is 8.00. The summed E-state index contributed by atoms with van der Waals surface area (Å²) in [7, 11) is 1.95. The van der Waals surface area contributed by atoms with Crippen LogP contribution in [0.4, 0.5) is 0 Å². The van der Waals surface area contributed by atoms with E-state index in [9.17, 15) is 14.4 Å². The highest BCUT2D eigenvalue weighted by molar-refractivity contribution is 5.82. The van der Waals surface area contributed by atoms with Gasteiger partial charge in [-0.15, -0.1) is 0 Å². The summed E-state index contributed by atoms with van der Waals surface area (Å²) in [6.45, 7) is 1.81. The first kappa shape index (κ1) is 18.4. The van der Waals surface area contributed by atoms with E-state index in [-0.39, 0.29) is 30.6 Å². The van der Waals surface area contributed by atoms with Gasteiger partial charge >= 0.3 is 0 Å². The molecule has 7 heteroatoms. The molecule has 1 aliphatic carbocycles. The minimum atomic E-state index is -0.489. The Labute approximate surface area is 131 Å². The molecule has 0 atom stereocenters. The van der Waals surface area contributed by atoms with Crippen LogP contribution in [0.15, 0.2) is 0 Å². The second-order valence-electron chi connectivity index (χ2n) is 5.88. The van der Waals surface area contributed by atoms with Gasteiger partial charge in [-0.25, -0.2) is 0 Å². The van der Waals surface area contributed by atoms with E-state index in [1.54, 1.807) is 0 Å². The lowest BCUT2D eigenvalue weighted by atomic mass is 9.81. The number of carbonyl (C=O) groups excluding carboxylic acids is 3. The molecule has 0 aromatic rings. The van der Waals surface area contributed by atoms with Crippen molar-refractivity contribution in [2.45, 2.75) is 38.5 Å². The first-order chi connectivity index (χ1) is 10.5. The SMILES string of the molecule is CNCC1CCC(C(=O)NCCNC(=O)CCC(N)=O)CC1. The van der Waals surface area contributed by atoms with Crippen molar-refractivity contribution in [1.29, 1.82) is 0 Å². The molecule has 0 saturated heterocycles. The van der Waals surface area contributed by atoms with Crippen molar-refractivity contribution in [3.8, 4) is 0 Å². The minimum Gasteiger partial charge on any atom is -0.370 e. The third-order valence-electron chi connectivity index (χ3n) is 4.06. The van der Waals surface area contributed by atoms with Crippen molar-refractivity contribution in [2.24, 2.45) is 17.6 Å². The molecule has 1 aliphatic rings. The van der Waals surface area contributed by atoms with Crippen molar-refractivity contribution in [1.82, 2.24) is 16.0 Å². The molecule has 3 amide bonds. The lowest BCUT2D eigenvalue weighted by Crippen LogP contribution is -2.39. The third kappa shape index (κ3) is 7.40. The molecule has 1 saturated carbocycles. The van der Waals surface area contributed by atoms with Crippen LogP contribution in [0.3, 0.4) is 0 Å². The smallest absolute Gasteiger partial charge is 0.223 e. The van der Waals surface area contributed by atoms with Crippen LogP contribution in [0.2, 0.25) is 0 Å². The summed E-state index contributed by atoms with van der Waals surface area (Å²) in [6.07, 6.45) is 4.19. The quantitative estimate of drug-likeness (QED) is 0.430. The summed E-state index contributed by atoms with van der Waals surface area (Å²) in [4.78, 5) is 33.9. The molecule has 126 valence electrons. The van der Waals surface area contributed by atoms with Crippen LogP contribution >= 0.6 is 0 Å². The molecule has 0 heterocycles. The zero-order valence-electron chi connectivity index (χ0n) is 13.3. The fourth-order valence-electron chi connectivity index (χ4n) is 2.77. The van der Waals surface area contributed by atoms with Gasteiger partial charge in [-0.2, -0.15) is 0 Å². The van der Waals surface area contributed by atoms with E-state index >= 15 is 0 Å². The topological polar surface area (TPSA) is 113 Å². The summed E-state index contributed by atoms with van der Waals surface area (Å²) in [5.74, 6) is 0.143. The molecule has 0 aromatic heterocycles. The largest absolute Gasteiger partial charge is 0.370 e. The average molecular weight is 312 g/mol. The number of hydrogen-bond acceptors (Lipinski definition) is 4. The van der Waals surface area contributed by atoms with E-state index in [2.05, 4.69) is 16.0 Å². The maximum atomic E-state index is 12.0. The standard InChI is InChI=1S/C15H28N4O3/c1-17-10-11-2-4-12(5-3-11)15(22)19-9-8-18-14(21)7-6-13(16)20/h11-12,17H,2-10H2,1H3,(H2,16,20)(H,18,21)(H,19,22). The van der Waals surface area contributed by atoms with Crippen LogP contribution in [-0.4, -0.2) is 44.4 Å². The van der Waals surface area contributed by atoms with Crippen LogP contribution in [0.25, 0.3) is 0 Å². The first-order valence-corrected chi connectivity index (χ1v) is 8.00. The van der Waals surface area contributed by atoms with E-state index in [1.807, 2.05) is 7.05 Å². The Bertz CT molecular complexity index is 379. The molecule has 22 heavy (non-hydrogen) atoms. The zero-order chi connectivity index (χ0) is 16.4. The highest BCUT2D eigenvalue weighted by Gasteiger charge is 2.25. The normalized spacial score (nSPS) is 21.1. The number of nitrogens with one attached hydrogen (secondary N) is 3.